The van der Waals surface area contributed by atoms with E-state index >= 15 is 0 Å². The van der Waals surface area contributed by atoms with Gasteiger partial charge in [-0.1, -0.05) is 39.3 Å². The van der Waals surface area contributed by atoms with Gasteiger partial charge in [0.25, 0.3) is 5.69 Å². The van der Waals surface area contributed by atoms with Crippen LogP contribution in [0.25, 0.3) is 0 Å². The number of hydrogen-bond acceptors (Lipinski definition) is 3. The van der Waals surface area contributed by atoms with Gasteiger partial charge >= 0.3 is 0 Å². The molecule has 0 atom stereocenters. The summed E-state index contributed by atoms with van der Waals surface area (Å²) in [6.07, 6.45) is 0. The number of benzene rings is 1. The van der Waals surface area contributed by atoms with Gasteiger partial charge in [-0.25, -0.2) is 4.39 Å². The molecular weight excluding hydrogens is 283 g/mol. The van der Waals surface area contributed by atoms with E-state index in [1.807, 2.05) is 0 Å². The number of nitrogens with zero attached hydrogens (tertiary/aromatic N) is 1. The van der Waals surface area contributed by atoms with Crippen molar-refractivity contribution in [3.63, 3.8) is 0 Å². The van der Waals surface area contributed by atoms with Gasteiger partial charge in [0.15, 0.2) is 0 Å². The average molecular weight is 301 g/mol. The Hall–Kier alpha value is -1.36. The summed E-state index contributed by atoms with van der Waals surface area (Å²) in [5.41, 5.74) is 0.333. The van der Waals surface area contributed by atoms with Crippen LogP contribution >= 0.6 is 11.6 Å². The Morgan fingerprint density at radius 3 is 2.35 bits per heavy atom. The lowest BCUT2D eigenvalue weighted by Gasteiger charge is -2.09. The summed E-state index contributed by atoms with van der Waals surface area (Å²) < 4.78 is 13.3. The first kappa shape index (κ1) is 15.0. The minimum Gasteiger partial charge on any atom is -0.379 e. The van der Waals surface area contributed by atoms with E-state index in [9.17, 15) is 14.5 Å². The van der Waals surface area contributed by atoms with Crippen molar-refractivity contribution in [1.29, 1.82) is 0 Å². The molecule has 2 rings (SSSR count). The molecule has 1 aliphatic rings. The van der Waals surface area contributed by atoms with Crippen LogP contribution in [0.1, 0.15) is 27.7 Å². The van der Waals surface area contributed by atoms with Crippen LogP contribution < -0.4 is 5.32 Å². The highest BCUT2D eigenvalue weighted by molar-refractivity contribution is 6.31. The zero-order valence-corrected chi connectivity index (χ0v) is 12.7. The molecule has 0 heterocycles. The van der Waals surface area contributed by atoms with Crippen molar-refractivity contribution in [3.05, 3.63) is 33.1 Å². The van der Waals surface area contributed by atoms with Crippen molar-refractivity contribution in [2.24, 2.45) is 16.7 Å². The molecule has 0 spiro atoms. The third kappa shape index (κ3) is 2.24. The third-order valence-electron chi connectivity index (χ3n) is 5.05. The Morgan fingerprint density at radius 2 is 1.90 bits per heavy atom. The molecule has 1 fully saturated rings. The molecule has 1 aliphatic carbocycles. The zero-order chi connectivity index (χ0) is 15.3. The van der Waals surface area contributed by atoms with Crippen LogP contribution in [0, 0.1) is 32.7 Å². The zero-order valence-electron chi connectivity index (χ0n) is 12.0. The normalized spacial score (nSPS) is 19.7. The van der Waals surface area contributed by atoms with Crippen molar-refractivity contribution in [2.75, 3.05) is 11.9 Å². The molecule has 0 aliphatic heterocycles. The summed E-state index contributed by atoms with van der Waals surface area (Å²) in [6, 6.07) is 2.13. The van der Waals surface area contributed by atoms with Crippen molar-refractivity contribution in [3.8, 4) is 0 Å². The van der Waals surface area contributed by atoms with Gasteiger partial charge in [-0.3, -0.25) is 10.1 Å². The summed E-state index contributed by atoms with van der Waals surface area (Å²) in [5.74, 6) is -0.380. The molecule has 110 valence electrons. The monoisotopic (exact) mass is 300 g/mol. The van der Waals surface area contributed by atoms with Crippen LogP contribution in [0.4, 0.5) is 15.8 Å². The van der Waals surface area contributed by atoms with E-state index in [0.717, 1.165) is 6.07 Å². The minimum atomic E-state index is -0.781. The van der Waals surface area contributed by atoms with Gasteiger partial charge in [-0.15, -0.1) is 0 Å². The van der Waals surface area contributed by atoms with E-state index in [1.165, 1.54) is 6.07 Å². The molecule has 1 N–H and O–H groups in total. The molecule has 0 aromatic heterocycles. The smallest absolute Gasteiger partial charge is 0.295 e. The van der Waals surface area contributed by atoms with Crippen molar-refractivity contribution < 1.29 is 9.31 Å². The van der Waals surface area contributed by atoms with E-state index in [2.05, 4.69) is 33.0 Å². The predicted octanol–water partition coefficient (Wildman–Crippen LogP) is 4.48. The SMILES string of the molecule is CC1(C)C(CNc2cc(Cl)c(F)cc2[N+](=O)[O-])C1(C)C. The summed E-state index contributed by atoms with van der Waals surface area (Å²) in [5, 5.41) is 13.9. The second-order valence-corrected chi connectivity index (χ2v) is 6.82. The molecule has 0 saturated heterocycles. The molecule has 1 saturated carbocycles. The van der Waals surface area contributed by atoms with Gasteiger partial charge in [0, 0.05) is 6.54 Å². The summed E-state index contributed by atoms with van der Waals surface area (Å²) in [4.78, 5) is 10.3. The molecule has 0 unspecified atom stereocenters. The number of nitrogens with one attached hydrogen (secondary N) is 1. The number of rotatable bonds is 4. The molecule has 0 bridgehead atoms. The molecule has 6 heteroatoms. The number of nitro benzene ring substituents is 1. The van der Waals surface area contributed by atoms with E-state index in [1.54, 1.807) is 0 Å². The first-order valence-electron chi connectivity index (χ1n) is 6.46. The maximum absolute atomic E-state index is 13.3. The maximum Gasteiger partial charge on any atom is 0.295 e. The fraction of sp³-hybridized carbons (Fsp3) is 0.571. The summed E-state index contributed by atoms with van der Waals surface area (Å²) >= 11 is 5.70. The largest absolute Gasteiger partial charge is 0.379 e. The van der Waals surface area contributed by atoms with E-state index < -0.39 is 10.7 Å². The van der Waals surface area contributed by atoms with Crippen LogP contribution in [-0.2, 0) is 0 Å². The third-order valence-corrected chi connectivity index (χ3v) is 5.34. The molecule has 20 heavy (non-hydrogen) atoms. The highest BCUT2D eigenvalue weighted by Gasteiger charge is 2.64. The van der Waals surface area contributed by atoms with Crippen molar-refractivity contribution >= 4 is 23.0 Å². The lowest BCUT2D eigenvalue weighted by atomic mass is 10.0. The first-order chi connectivity index (χ1) is 9.09. The van der Waals surface area contributed by atoms with Gasteiger partial charge in [-0.2, -0.15) is 0 Å². The van der Waals surface area contributed by atoms with Gasteiger partial charge in [0.2, 0.25) is 0 Å². The Balaban J connectivity index is 2.19. The molecule has 1 aromatic rings. The number of hydrogen-bond donors (Lipinski definition) is 1. The van der Waals surface area contributed by atoms with Crippen LogP contribution in [0.15, 0.2) is 12.1 Å². The van der Waals surface area contributed by atoms with Gasteiger partial charge in [-0.05, 0) is 22.8 Å². The van der Waals surface area contributed by atoms with Crippen LogP contribution in [-0.4, -0.2) is 11.5 Å². The summed E-state index contributed by atoms with van der Waals surface area (Å²) in [6.45, 7) is 9.29. The van der Waals surface area contributed by atoms with Gasteiger partial charge < -0.3 is 5.32 Å². The topological polar surface area (TPSA) is 55.2 Å². The summed E-state index contributed by atoms with van der Waals surface area (Å²) in [7, 11) is 0. The van der Waals surface area contributed by atoms with Crippen LogP contribution in [0.5, 0.6) is 0 Å². The fourth-order valence-corrected chi connectivity index (χ4v) is 3.05. The molecule has 1 aromatic carbocycles. The van der Waals surface area contributed by atoms with E-state index in [4.69, 9.17) is 11.6 Å². The molecular formula is C14H18ClFN2O2. The van der Waals surface area contributed by atoms with E-state index in [0.29, 0.717) is 12.5 Å². The maximum atomic E-state index is 13.3. The second kappa shape index (κ2) is 4.58. The highest BCUT2D eigenvalue weighted by Crippen LogP contribution is 2.68. The number of halogens is 2. The first-order valence-corrected chi connectivity index (χ1v) is 6.84. The van der Waals surface area contributed by atoms with Crippen molar-refractivity contribution in [2.45, 2.75) is 27.7 Å². The second-order valence-electron chi connectivity index (χ2n) is 6.42. The molecule has 4 nitrogen and oxygen atoms in total. The average Bonchev–Trinajstić information content (AvgIpc) is 2.70. The Kier molecular flexibility index (Phi) is 3.45. The molecule has 0 amide bonds. The number of anilines is 1. The van der Waals surface area contributed by atoms with Crippen LogP contribution in [0.3, 0.4) is 0 Å². The van der Waals surface area contributed by atoms with Gasteiger partial charge in [0.1, 0.15) is 11.5 Å². The van der Waals surface area contributed by atoms with Gasteiger partial charge in [0.05, 0.1) is 16.0 Å². The Bertz CT molecular complexity index is 559. The predicted molar refractivity (Wildman–Crippen MR) is 77.6 cm³/mol. The van der Waals surface area contributed by atoms with Crippen molar-refractivity contribution in [1.82, 2.24) is 0 Å². The highest BCUT2D eigenvalue weighted by atomic mass is 35.5. The Labute approximate surface area is 122 Å². The van der Waals surface area contributed by atoms with E-state index in [-0.39, 0.29) is 27.2 Å². The van der Waals surface area contributed by atoms with Crippen LogP contribution in [0.2, 0.25) is 5.02 Å². The quantitative estimate of drug-likeness (QED) is 0.659. The Morgan fingerprint density at radius 1 is 1.35 bits per heavy atom. The fourth-order valence-electron chi connectivity index (χ4n) is 2.88. The number of nitro groups is 1. The standard InChI is InChI=1S/C14H18ClFN2O2/c1-13(2)12(14(13,3)4)7-17-10-5-8(15)9(16)6-11(10)18(19)20/h5-6,12,17H,7H2,1-4H3. The molecule has 0 radical (unpaired) electrons. The minimum absolute atomic E-state index is 0.118. The lowest BCUT2D eigenvalue weighted by molar-refractivity contribution is -0.384. The lowest BCUT2D eigenvalue weighted by Crippen LogP contribution is -2.10.